The SMILES string of the molecule is CC1CN(C2NCC2C)C(C)(C)CO1. The number of ether oxygens (including phenoxy) is 1. The van der Waals surface area contributed by atoms with Crippen LogP contribution < -0.4 is 5.32 Å². The van der Waals surface area contributed by atoms with Crippen molar-refractivity contribution in [3.63, 3.8) is 0 Å². The van der Waals surface area contributed by atoms with E-state index in [1.807, 2.05) is 0 Å². The number of morpholine rings is 1. The molecule has 2 heterocycles. The molecule has 3 nitrogen and oxygen atoms in total. The average molecular weight is 198 g/mol. The van der Waals surface area contributed by atoms with E-state index in [0.717, 1.165) is 25.6 Å². The van der Waals surface area contributed by atoms with Crippen LogP contribution in [0.2, 0.25) is 0 Å². The summed E-state index contributed by atoms with van der Waals surface area (Å²) < 4.78 is 5.71. The minimum absolute atomic E-state index is 0.179. The first kappa shape index (κ1) is 10.4. The van der Waals surface area contributed by atoms with E-state index in [9.17, 15) is 0 Å². The molecule has 2 aliphatic rings. The molecule has 0 saturated carbocycles. The van der Waals surface area contributed by atoms with Crippen molar-refractivity contribution in [2.24, 2.45) is 5.92 Å². The highest BCUT2D eigenvalue weighted by molar-refractivity contribution is 4.95. The number of hydrogen-bond acceptors (Lipinski definition) is 3. The van der Waals surface area contributed by atoms with Crippen molar-refractivity contribution >= 4 is 0 Å². The quantitative estimate of drug-likeness (QED) is 0.681. The van der Waals surface area contributed by atoms with Gasteiger partial charge in [-0.05, 0) is 26.7 Å². The first-order chi connectivity index (χ1) is 6.50. The highest BCUT2D eigenvalue weighted by Gasteiger charge is 2.42. The van der Waals surface area contributed by atoms with E-state index >= 15 is 0 Å². The van der Waals surface area contributed by atoms with Gasteiger partial charge in [0, 0.05) is 18.6 Å². The number of hydrogen-bond donors (Lipinski definition) is 1. The van der Waals surface area contributed by atoms with Crippen LogP contribution in [0.4, 0.5) is 0 Å². The summed E-state index contributed by atoms with van der Waals surface area (Å²) in [5.41, 5.74) is 0.179. The van der Waals surface area contributed by atoms with Gasteiger partial charge in [-0.2, -0.15) is 0 Å². The van der Waals surface area contributed by atoms with Gasteiger partial charge in [-0.1, -0.05) is 6.92 Å². The van der Waals surface area contributed by atoms with Gasteiger partial charge >= 0.3 is 0 Å². The number of rotatable bonds is 1. The van der Waals surface area contributed by atoms with Gasteiger partial charge < -0.3 is 10.1 Å². The van der Waals surface area contributed by atoms with E-state index in [0.29, 0.717) is 12.3 Å². The molecule has 2 rings (SSSR count). The summed E-state index contributed by atoms with van der Waals surface area (Å²) in [5.74, 6) is 0.777. The number of nitrogens with one attached hydrogen (secondary N) is 1. The lowest BCUT2D eigenvalue weighted by molar-refractivity contribution is -0.135. The summed E-state index contributed by atoms with van der Waals surface area (Å²) in [6.07, 6.45) is 0.939. The van der Waals surface area contributed by atoms with Gasteiger partial charge in [-0.3, -0.25) is 4.90 Å². The second-order valence-corrected chi connectivity index (χ2v) is 5.42. The molecule has 0 aliphatic carbocycles. The average Bonchev–Trinajstić information content (AvgIpc) is 2.10. The third-order valence-corrected chi connectivity index (χ3v) is 3.48. The van der Waals surface area contributed by atoms with Gasteiger partial charge in [-0.25, -0.2) is 0 Å². The van der Waals surface area contributed by atoms with E-state index in [1.165, 1.54) is 0 Å². The van der Waals surface area contributed by atoms with Crippen molar-refractivity contribution in [2.75, 3.05) is 19.7 Å². The standard InChI is InChI=1S/C11H22N2O/c1-8-5-12-10(8)13-6-9(2)14-7-11(13,3)4/h8-10,12H,5-7H2,1-4H3. The Balaban J connectivity index is 2.06. The lowest BCUT2D eigenvalue weighted by atomic mass is 9.92. The minimum Gasteiger partial charge on any atom is -0.375 e. The summed E-state index contributed by atoms with van der Waals surface area (Å²) in [6.45, 7) is 12.1. The molecule has 2 aliphatic heterocycles. The Morgan fingerprint density at radius 1 is 1.36 bits per heavy atom. The summed E-state index contributed by atoms with van der Waals surface area (Å²) in [4.78, 5) is 2.56. The lowest BCUT2D eigenvalue weighted by Crippen LogP contribution is -2.70. The van der Waals surface area contributed by atoms with Gasteiger partial charge in [0.2, 0.25) is 0 Å². The molecule has 3 heteroatoms. The van der Waals surface area contributed by atoms with E-state index in [1.54, 1.807) is 0 Å². The van der Waals surface area contributed by atoms with Crippen LogP contribution >= 0.6 is 0 Å². The fraction of sp³-hybridized carbons (Fsp3) is 1.00. The molecule has 3 unspecified atom stereocenters. The van der Waals surface area contributed by atoms with E-state index in [4.69, 9.17) is 4.74 Å². The lowest BCUT2D eigenvalue weighted by Gasteiger charge is -2.54. The van der Waals surface area contributed by atoms with Gasteiger partial charge in [0.1, 0.15) is 0 Å². The molecule has 0 aromatic carbocycles. The molecule has 2 saturated heterocycles. The molecule has 2 fully saturated rings. The van der Waals surface area contributed by atoms with Crippen molar-refractivity contribution in [1.29, 1.82) is 0 Å². The Hall–Kier alpha value is -0.120. The molecule has 0 amide bonds. The summed E-state index contributed by atoms with van der Waals surface area (Å²) >= 11 is 0. The van der Waals surface area contributed by atoms with Crippen LogP contribution in [0.15, 0.2) is 0 Å². The third-order valence-electron chi connectivity index (χ3n) is 3.48. The van der Waals surface area contributed by atoms with Gasteiger partial charge in [0.05, 0.1) is 18.9 Å². The molecule has 3 atom stereocenters. The Labute approximate surface area is 86.8 Å². The molecule has 0 aromatic rings. The summed E-state index contributed by atoms with van der Waals surface area (Å²) in [5, 5.41) is 3.51. The van der Waals surface area contributed by atoms with Crippen molar-refractivity contribution in [3.8, 4) is 0 Å². The molecule has 82 valence electrons. The molecule has 0 radical (unpaired) electrons. The predicted molar refractivity (Wildman–Crippen MR) is 57.2 cm³/mol. The summed E-state index contributed by atoms with van der Waals surface area (Å²) in [6, 6.07) is 0. The zero-order valence-electron chi connectivity index (χ0n) is 9.71. The fourth-order valence-electron chi connectivity index (χ4n) is 2.37. The highest BCUT2D eigenvalue weighted by atomic mass is 16.5. The van der Waals surface area contributed by atoms with Crippen LogP contribution in [0, 0.1) is 5.92 Å². The maximum atomic E-state index is 5.71. The fourth-order valence-corrected chi connectivity index (χ4v) is 2.37. The van der Waals surface area contributed by atoms with E-state index in [-0.39, 0.29) is 5.54 Å². The van der Waals surface area contributed by atoms with Crippen molar-refractivity contribution in [2.45, 2.75) is 45.5 Å². The predicted octanol–water partition coefficient (Wildman–Crippen LogP) is 1.05. The summed E-state index contributed by atoms with van der Waals surface area (Å²) in [7, 11) is 0. The molecular formula is C11H22N2O. The maximum Gasteiger partial charge on any atom is 0.0675 e. The topological polar surface area (TPSA) is 24.5 Å². The zero-order chi connectivity index (χ0) is 10.3. The first-order valence-corrected chi connectivity index (χ1v) is 5.62. The van der Waals surface area contributed by atoms with Gasteiger partial charge in [0.25, 0.3) is 0 Å². The van der Waals surface area contributed by atoms with Crippen molar-refractivity contribution < 1.29 is 4.74 Å². The molecule has 0 aromatic heterocycles. The van der Waals surface area contributed by atoms with Crippen LogP contribution in [0.1, 0.15) is 27.7 Å². The minimum atomic E-state index is 0.179. The normalized spacial score (nSPS) is 43.3. The second-order valence-electron chi connectivity index (χ2n) is 5.42. The van der Waals surface area contributed by atoms with E-state index in [2.05, 4.69) is 37.9 Å². The molecule has 1 N–H and O–H groups in total. The Morgan fingerprint density at radius 2 is 2.07 bits per heavy atom. The van der Waals surface area contributed by atoms with Crippen LogP contribution in [-0.2, 0) is 4.74 Å². The van der Waals surface area contributed by atoms with E-state index < -0.39 is 0 Å². The molecular weight excluding hydrogens is 176 g/mol. The smallest absolute Gasteiger partial charge is 0.0675 e. The monoisotopic (exact) mass is 198 g/mol. The van der Waals surface area contributed by atoms with Crippen LogP contribution in [0.3, 0.4) is 0 Å². The molecule has 14 heavy (non-hydrogen) atoms. The van der Waals surface area contributed by atoms with Gasteiger partial charge in [-0.15, -0.1) is 0 Å². The Bertz CT molecular complexity index is 217. The third kappa shape index (κ3) is 1.69. The van der Waals surface area contributed by atoms with Gasteiger partial charge in [0.15, 0.2) is 0 Å². The molecule has 0 bridgehead atoms. The van der Waals surface area contributed by atoms with Crippen LogP contribution in [0.5, 0.6) is 0 Å². The highest BCUT2D eigenvalue weighted by Crippen LogP contribution is 2.29. The zero-order valence-corrected chi connectivity index (χ0v) is 9.71. The maximum absolute atomic E-state index is 5.71. The number of nitrogens with zero attached hydrogens (tertiary/aromatic N) is 1. The van der Waals surface area contributed by atoms with Crippen LogP contribution in [0.25, 0.3) is 0 Å². The second kappa shape index (κ2) is 3.47. The molecule has 0 spiro atoms. The Kier molecular flexibility index (Phi) is 2.58. The largest absolute Gasteiger partial charge is 0.375 e. The van der Waals surface area contributed by atoms with Crippen molar-refractivity contribution in [1.82, 2.24) is 10.2 Å². The Morgan fingerprint density at radius 3 is 2.57 bits per heavy atom. The first-order valence-electron chi connectivity index (χ1n) is 5.62. The van der Waals surface area contributed by atoms with Crippen LogP contribution in [-0.4, -0.2) is 42.4 Å². The van der Waals surface area contributed by atoms with Crippen molar-refractivity contribution in [3.05, 3.63) is 0 Å².